The molecule has 0 aromatic carbocycles. The Labute approximate surface area is 124 Å². The Morgan fingerprint density at radius 3 is 2.80 bits per heavy atom. The highest BCUT2D eigenvalue weighted by molar-refractivity contribution is 4.96. The Kier molecular flexibility index (Phi) is 6.27. The van der Waals surface area contributed by atoms with E-state index in [4.69, 9.17) is 0 Å². The van der Waals surface area contributed by atoms with Crippen LogP contribution < -0.4 is 5.32 Å². The summed E-state index contributed by atoms with van der Waals surface area (Å²) in [4.78, 5) is 5.12. The number of hydrogen-bond acceptors (Lipinski definition) is 4. The Hall–Kier alpha value is -0.160. The van der Waals surface area contributed by atoms with E-state index in [9.17, 15) is 5.11 Å². The highest BCUT2D eigenvalue weighted by Gasteiger charge is 2.37. The van der Waals surface area contributed by atoms with Gasteiger partial charge in [-0.1, -0.05) is 6.92 Å². The van der Waals surface area contributed by atoms with Gasteiger partial charge in [0.15, 0.2) is 0 Å². The molecule has 1 saturated carbocycles. The molecule has 0 aromatic rings. The Bertz CT molecular complexity index is 287. The van der Waals surface area contributed by atoms with Gasteiger partial charge in [-0.3, -0.25) is 4.90 Å². The van der Waals surface area contributed by atoms with Gasteiger partial charge in [0.25, 0.3) is 0 Å². The monoisotopic (exact) mass is 283 g/mol. The molecule has 0 bridgehead atoms. The van der Waals surface area contributed by atoms with Gasteiger partial charge in [-0.15, -0.1) is 0 Å². The van der Waals surface area contributed by atoms with Crippen molar-refractivity contribution < 1.29 is 5.11 Å². The van der Waals surface area contributed by atoms with Gasteiger partial charge in [-0.2, -0.15) is 0 Å². The minimum Gasteiger partial charge on any atom is -0.394 e. The van der Waals surface area contributed by atoms with Crippen LogP contribution in [0.15, 0.2) is 0 Å². The molecule has 2 N–H and O–H groups in total. The molecule has 1 heterocycles. The van der Waals surface area contributed by atoms with Crippen LogP contribution >= 0.6 is 0 Å². The lowest BCUT2D eigenvalue weighted by atomic mass is 9.78. The van der Waals surface area contributed by atoms with Gasteiger partial charge < -0.3 is 15.3 Å². The first-order valence-corrected chi connectivity index (χ1v) is 8.47. The van der Waals surface area contributed by atoms with E-state index in [1.807, 2.05) is 0 Å². The second-order valence-electron chi connectivity index (χ2n) is 6.81. The third-order valence-electron chi connectivity index (χ3n) is 5.14. The highest BCUT2D eigenvalue weighted by atomic mass is 16.3. The van der Waals surface area contributed by atoms with E-state index >= 15 is 0 Å². The van der Waals surface area contributed by atoms with Crippen LogP contribution in [-0.4, -0.2) is 72.9 Å². The molecular weight excluding hydrogens is 250 g/mol. The quantitative estimate of drug-likeness (QED) is 0.798. The first kappa shape index (κ1) is 16.2. The fourth-order valence-corrected chi connectivity index (χ4v) is 3.82. The molecule has 2 atom stereocenters. The van der Waals surface area contributed by atoms with Crippen molar-refractivity contribution in [3.8, 4) is 0 Å². The zero-order chi connectivity index (χ0) is 14.4. The van der Waals surface area contributed by atoms with E-state index in [-0.39, 0.29) is 12.1 Å². The number of aliphatic hydroxyl groups excluding tert-OH is 1. The molecular formula is C16H33N3O. The van der Waals surface area contributed by atoms with Crippen LogP contribution in [0.1, 0.15) is 45.4 Å². The summed E-state index contributed by atoms with van der Waals surface area (Å²) in [5.74, 6) is 0. The van der Waals surface area contributed by atoms with Gasteiger partial charge in [0.05, 0.1) is 6.61 Å². The average molecular weight is 283 g/mol. The maximum Gasteiger partial charge on any atom is 0.0613 e. The molecule has 4 nitrogen and oxygen atoms in total. The second kappa shape index (κ2) is 7.74. The van der Waals surface area contributed by atoms with Crippen molar-refractivity contribution in [3.05, 3.63) is 0 Å². The molecule has 118 valence electrons. The van der Waals surface area contributed by atoms with E-state index in [0.29, 0.717) is 6.04 Å². The van der Waals surface area contributed by atoms with Crippen LogP contribution in [0.2, 0.25) is 0 Å². The molecule has 0 radical (unpaired) electrons. The minimum atomic E-state index is -0.0167. The highest BCUT2D eigenvalue weighted by Crippen LogP contribution is 2.31. The summed E-state index contributed by atoms with van der Waals surface area (Å²) >= 11 is 0. The van der Waals surface area contributed by atoms with E-state index < -0.39 is 0 Å². The lowest BCUT2D eigenvalue weighted by Gasteiger charge is -2.44. The summed E-state index contributed by atoms with van der Waals surface area (Å²) in [5.41, 5.74) is -0.0167. The number of rotatable bonds is 5. The van der Waals surface area contributed by atoms with Gasteiger partial charge in [0.1, 0.15) is 0 Å². The van der Waals surface area contributed by atoms with Gasteiger partial charge in [0, 0.05) is 24.7 Å². The number of nitrogens with one attached hydrogen (secondary N) is 1. The van der Waals surface area contributed by atoms with Gasteiger partial charge in [-0.05, 0) is 65.2 Å². The van der Waals surface area contributed by atoms with Crippen molar-refractivity contribution in [2.45, 2.75) is 57.0 Å². The van der Waals surface area contributed by atoms with Crippen LogP contribution in [0.5, 0.6) is 0 Å². The van der Waals surface area contributed by atoms with Crippen LogP contribution in [0, 0.1) is 0 Å². The van der Waals surface area contributed by atoms with Crippen molar-refractivity contribution in [3.63, 3.8) is 0 Å². The number of nitrogens with zero attached hydrogens (tertiary/aromatic N) is 2. The fraction of sp³-hybridized carbons (Fsp3) is 1.00. The van der Waals surface area contributed by atoms with Crippen molar-refractivity contribution >= 4 is 0 Å². The summed E-state index contributed by atoms with van der Waals surface area (Å²) in [5, 5.41) is 13.5. The molecule has 1 saturated heterocycles. The third-order valence-corrected chi connectivity index (χ3v) is 5.14. The van der Waals surface area contributed by atoms with Crippen LogP contribution in [0.25, 0.3) is 0 Å². The van der Waals surface area contributed by atoms with Crippen LogP contribution in [0.4, 0.5) is 0 Å². The van der Waals surface area contributed by atoms with Crippen molar-refractivity contribution in [1.29, 1.82) is 0 Å². The van der Waals surface area contributed by atoms with Crippen LogP contribution in [0.3, 0.4) is 0 Å². The summed E-state index contributed by atoms with van der Waals surface area (Å²) in [6.07, 6.45) is 7.22. The summed E-state index contributed by atoms with van der Waals surface area (Å²) in [6, 6.07) is 0.659. The lowest BCUT2D eigenvalue weighted by Crippen LogP contribution is -2.56. The third kappa shape index (κ3) is 4.17. The smallest absolute Gasteiger partial charge is 0.0613 e. The van der Waals surface area contributed by atoms with E-state index in [1.54, 1.807) is 0 Å². The molecule has 0 amide bonds. The molecule has 2 fully saturated rings. The topological polar surface area (TPSA) is 38.7 Å². The SMILES string of the molecule is CCCNC1(CO)CCCC(N2CCCN(C)CC2)C1. The minimum absolute atomic E-state index is 0.0167. The first-order valence-electron chi connectivity index (χ1n) is 8.47. The van der Waals surface area contributed by atoms with Gasteiger partial charge in [-0.25, -0.2) is 0 Å². The van der Waals surface area contributed by atoms with E-state index in [0.717, 1.165) is 25.8 Å². The summed E-state index contributed by atoms with van der Waals surface area (Å²) in [7, 11) is 2.23. The zero-order valence-electron chi connectivity index (χ0n) is 13.4. The average Bonchev–Trinajstić information content (AvgIpc) is 2.70. The molecule has 20 heavy (non-hydrogen) atoms. The largest absolute Gasteiger partial charge is 0.394 e. The molecule has 0 aromatic heterocycles. The van der Waals surface area contributed by atoms with Gasteiger partial charge >= 0.3 is 0 Å². The molecule has 0 spiro atoms. The van der Waals surface area contributed by atoms with Crippen molar-refractivity contribution in [1.82, 2.24) is 15.1 Å². The first-order chi connectivity index (χ1) is 9.69. The predicted molar refractivity (Wildman–Crippen MR) is 84.1 cm³/mol. The zero-order valence-corrected chi connectivity index (χ0v) is 13.4. The standard InChI is InChI=1S/C16H33N3O/c1-3-8-17-16(14-20)7-4-6-15(13-16)19-10-5-9-18(2)11-12-19/h15,17,20H,3-14H2,1-2H3. The molecule has 1 aliphatic carbocycles. The number of likely N-dealkylation sites (N-methyl/N-ethyl adjacent to an activating group) is 1. The molecule has 1 aliphatic heterocycles. The fourth-order valence-electron chi connectivity index (χ4n) is 3.82. The predicted octanol–water partition coefficient (Wildman–Crippen LogP) is 1.30. The molecule has 4 heteroatoms. The maximum absolute atomic E-state index is 9.89. The summed E-state index contributed by atoms with van der Waals surface area (Å²) < 4.78 is 0. The summed E-state index contributed by atoms with van der Waals surface area (Å²) in [6.45, 7) is 8.34. The number of hydrogen-bond donors (Lipinski definition) is 2. The van der Waals surface area contributed by atoms with E-state index in [2.05, 4.69) is 29.1 Å². The van der Waals surface area contributed by atoms with Crippen molar-refractivity contribution in [2.75, 3.05) is 46.4 Å². The second-order valence-corrected chi connectivity index (χ2v) is 6.81. The molecule has 2 unspecified atom stereocenters. The molecule has 2 rings (SSSR count). The molecule has 2 aliphatic rings. The Morgan fingerprint density at radius 2 is 2.05 bits per heavy atom. The Balaban J connectivity index is 1.94. The van der Waals surface area contributed by atoms with Gasteiger partial charge in [0.2, 0.25) is 0 Å². The van der Waals surface area contributed by atoms with Crippen molar-refractivity contribution in [2.24, 2.45) is 0 Å². The maximum atomic E-state index is 9.89. The Morgan fingerprint density at radius 1 is 1.20 bits per heavy atom. The van der Waals surface area contributed by atoms with E-state index in [1.165, 1.54) is 45.4 Å². The number of aliphatic hydroxyl groups is 1. The van der Waals surface area contributed by atoms with Crippen LogP contribution in [-0.2, 0) is 0 Å². The lowest BCUT2D eigenvalue weighted by molar-refractivity contribution is 0.0610. The normalized spacial score (nSPS) is 34.0.